The summed E-state index contributed by atoms with van der Waals surface area (Å²) in [6, 6.07) is 11.2. The summed E-state index contributed by atoms with van der Waals surface area (Å²) in [7, 11) is 0. The maximum Gasteiger partial charge on any atom is 0.170 e. The highest BCUT2D eigenvalue weighted by Crippen LogP contribution is 2.28. The second-order valence-electron chi connectivity index (χ2n) is 4.07. The molecule has 2 N–H and O–H groups in total. The van der Waals surface area contributed by atoms with E-state index < -0.39 is 0 Å². The Kier molecular flexibility index (Phi) is 2.45. The van der Waals surface area contributed by atoms with Crippen molar-refractivity contribution >= 4 is 22.9 Å². The van der Waals surface area contributed by atoms with Crippen LogP contribution in [0.4, 0.5) is 5.69 Å². The van der Waals surface area contributed by atoms with Crippen molar-refractivity contribution in [3.63, 3.8) is 0 Å². The third kappa shape index (κ3) is 1.54. The molecule has 0 unspecified atom stereocenters. The van der Waals surface area contributed by atoms with Crippen LogP contribution >= 0.6 is 11.6 Å². The van der Waals surface area contributed by atoms with Crippen LogP contribution in [0.25, 0.3) is 17.0 Å². The van der Waals surface area contributed by atoms with Crippen molar-refractivity contribution in [1.82, 2.24) is 14.6 Å². The predicted octanol–water partition coefficient (Wildman–Crippen LogP) is 2.94. The van der Waals surface area contributed by atoms with Gasteiger partial charge in [0.25, 0.3) is 0 Å². The molecule has 2 aromatic heterocycles. The van der Waals surface area contributed by atoms with E-state index in [9.17, 15) is 0 Å². The Hall–Kier alpha value is -2.07. The number of aryl methyl sites for hydroxylation is 1. The molecule has 3 rings (SSSR count). The lowest BCUT2D eigenvalue weighted by Gasteiger charge is -2.07. The van der Waals surface area contributed by atoms with Crippen LogP contribution < -0.4 is 5.73 Å². The second kappa shape index (κ2) is 3.99. The van der Waals surface area contributed by atoms with Crippen LogP contribution in [0, 0.1) is 6.92 Å². The lowest BCUT2D eigenvalue weighted by Crippen LogP contribution is -1.99. The third-order valence-electron chi connectivity index (χ3n) is 2.97. The number of halogens is 1. The zero-order chi connectivity index (χ0) is 12.7. The summed E-state index contributed by atoms with van der Waals surface area (Å²) in [6.07, 6.45) is 0. The molecule has 0 radical (unpaired) electrons. The van der Waals surface area contributed by atoms with Crippen LogP contribution in [0.15, 0.2) is 36.4 Å². The van der Waals surface area contributed by atoms with Crippen molar-refractivity contribution < 1.29 is 0 Å². The fourth-order valence-electron chi connectivity index (χ4n) is 1.97. The molecular weight excluding hydrogens is 248 g/mol. The number of nitrogens with zero attached hydrogens (tertiary/aromatic N) is 3. The van der Waals surface area contributed by atoms with E-state index in [1.54, 1.807) is 0 Å². The molecule has 0 atom stereocenters. The fraction of sp³-hybridized carbons (Fsp3) is 0.0769. The van der Waals surface area contributed by atoms with E-state index in [0.717, 1.165) is 16.9 Å². The van der Waals surface area contributed by atoms with E-state index in [1.165, 1.54) is 0 Å². The summed E-state index contributed by atoms with van der Waals surface area (Å²) >= 11 is 6.20. The van der Waals surface area contributed by atoms with Gasteiger partial charge in [-0.25, -0.2) is 0 Å². The summed E-state index contributed by atoms with van der Waals surface area (Å²) in [4.78, 5) is 0. The first-order valence-corrected chi connectivity index (χ1v) is 5.91. The van der Waals surface area contributed by atoms with E-state index >= 15 is 0 Å². The van der Waals surface area contributed by atoms with Crippen LogP contribution in [-0.2, 0) is 0 Å². The SMILES string of the molecule is Cc1c(N)ccc2nnc(-c3ccccc3Cl)n12. The minimum absolute atomic E-state index is 0.647. The van der Waals surface area contributed by atoms with Gasteiger partial charge in [0.2, 0.25) is 0 Å². The molecule has 2 heterocycles. The predicted molar refractivity (Wildman–Crippen MR) is 72.6 cm³/mol. The van der Waals surface area contributed by atoms with E-state index in [-0.39, 0.29) is 0 Å². The molecular formula is C13H11ClN4. The number of aromatic nitrogens is 3. The fourth-order valence-corrected chi connectivity index (χ4v) is 2.19. The Morgan fingerprint density at radius 1 is 1.11 bits per heavy atom. The average molecular weight is 259 g/mol. The number of anilines is 1. The molecule has 3 aromatic rings. The zero-order valence-electron chi connectivity index (χ0n) is 9.76. The molecule has 0 aliphatic rings. The molecule has 0 fully saturated rings. The first-order valence-electron chi connectivity index (χ1n) is 5.53. The quantitative estimate of drug-likeness (QED) is 0.730. The summed E-state index contributed by atoms with van der Waals surface area (Å²) in [5.41, 5.74) is 9.14. The smallest absolute Gasteiger partial charge is 0.170 e. The normalized spacial score (nSPS) is 11.0. The Morgan fingerprint density at radius 3 is 2.67 bits per heavy atom. The zero-order valence-corrected chi connectivity index (χ0v) is 10.5. The van der Waals surface area contributed by atoms with Crippen LogP contribution in [0.3, 0.4) is 0 Å². The van der Waals surface area contributed by atoms with Gasteiger partial charge in [0.15, 0.2) is 11.5 Å². The topological polar surface area (TPSA) is 56.2 Å². The summed E-state index contributed by atoms with van der Waals surface area (Å²) in [5, 5.41) is 8.99. The molecule has 0 aliphatic heterocycles. The summed E-state index contributed by atoms with van der Waals surface area (Å²) < 4.78 is 1.91. The van der Waals surface area contributed by atoms with E-state index in [1.807, 2.05) is 47.7 Å². The molecule has 4 nitrogen and oxygen atoms in total. The molecule has 0 aliphatic carbocycles. The van der Waals surface area contributed by atoms with Crippen molar-refractivity contribution in [3.8, 4) is 11.4 Å². The minimum Gasteiger partial charge on any atom is -0.397 e. The largest absolute Gasteiger partial charge is 0.397 e. The lowest BCUT2D eigenvalue weighted by atomic mass is 10.2. The highest BCUT2D eigenvalue weighted by atomic mass is 35.5. The molecule has 0 amide bonds. The minimum atomic E-state index is 0.647. The number of pyridine rings is 1. The van der Waals surface area contributed by atoms with Gasteiger partial charge in [-0.1, -0.05) is 23.7 Å². The van der Waals surface area contributed by atoms with Gasteiger partial charge in [-0.3, -0.25) is 4.40 Å². The van der Waals surface area contributed by atoms with Gasteiger partial charge in [0.1, 0.15) is 0 Å². The summed E-state index contributed by atoms with van der Waals surface area (Å²) in [6.45, 7) is 1.94. The van der Waals surface area contributed by atoms with Crippen molar-refractivity contribution in [2.24, 2.45) is 0 Å². The molecule has 0 saturated heterocycles. The molecule has 1 aromatic carbocycles. The van der Waals surface area contributed by atoms with Crippen LogP contribution in [0.2, 0.25) is 5.02 Å². The number of rotatable bonds is 1. The maximum absolute atomic E-state index is 6.20. The molecule has 5 heteroatoms. The standard InChI is InChI=1S/C13H11ClN4/c1-8-11(15)6-7-12-16-17-13(18(8)12)9-4-2-3-5-10(9)14/h2-7H,15H2,1H3. The van der Waals surface area contributed by atoms with Gasteiger partial charge in [-0.2, -0.15) is 0 Å². The van der Waals surface area contributed by atoms with Crippen LogP contribution in [0.5, 0.6) is 0 Å². The first-order chi connectivity index (χ1) is 8.68. The first kappa shape index (κ1) is 11.0. The van der Waals surface area contributed by atoms with Crippen molar-refractivity contribution in [2.45, 2.75) is 6.92 Å². The van der Waals surface area contributed by atoms with Crippen molar-refractivity contribution in [3.05, 3.63) is 47.1 Å². The monoisotopic (exact) mass is 258 g/mol. The molecule has 90 valence electrons. The Labute approximate surface area is 109 Å². The Bertz CT molecular complexity index is 733. The number of fused-ring (bicyclic) bond motifs is 1. The van der Waals surface area contributed by atoms with Gasteiger partial charge in [-0.05, 0) is 31.2 Å². The number of benzene rings is 1. The molecule has 0 saturated carbocycles. The van der Waals surface area contributed by atoms with Crippen LogP contribution in [-0.4, -0.2) is 14.6 Å². The maximum atomic E-state index is 6.20. The van der Waals surface area contributed by atoms with Gasteiger partial charge in [0, 0.05) is 11.3 Å². The average Bonchev–Trinajstić information content (AvgIpc) is 2.79. The van der Waals surface area contributed by atoms with Gasteiger partial charge >= 0.3 is 0 Å². The van der Waals surface area contributed by atoms with Gasteiger partial charge in [0.05, 0.1) is 10.7 Å². The van der Waals surface area contributed by atoms with E-state index in [0.29, 0.717) is 16.5 Å². The van der Waals surface area contributed by atoms with Crippen molar-refractivity contribution in [1.29, 1.82) is 0 Å². The highest BCUT2D eigenvalue weighted by Gasteiger charge is 2.13. The van der Waals surface area contributed by atoms with Crippen molar-refractivity contribution in [2.75, 3.05) is 5.73 Å². The summed E-state index contributed by atoms with van der Waals surface area (Å²) in [5.74, 6) is 0.709. The van der Waals surface area contributed by atoms with Gasteiger partial charge < -0.3 is 5.73 Å². The van der Waals surface area contributed by atoms with E-state index in [4.69, 9.17) is 17.3 Å². The van der Waals surface area contributed by atoms with Crippen LogP contribution in [0.1, 0.15) is 5.69 Å². The number of hydrogen-bond acceptors (Lipinski definition) is 3. The number of nitrogens with two attached hydrogens (primary N) is 1. The molecule has 0 spiro atoms. The number of hydrogen-bond donors (Lipinski definition) is 1. The second-order valence-corrected chi connectivity index (χ2v) is 4.48. The van der Waals surface area contributed by atoms with Gasteiger partial charge in [-0.15, -0.1) is 10.2 Å². The molecule has 0 bridgehead atoms. The van der Waals surface area contributed by atoms with E-state index in [2.05, 4.69) is 10.2 Å². The molecule has 18 heavy (non-hydrogen) atoms. The Balaban J connectivity index is 2.37. The Morgan fingerprint density at radius 2 is 1.89 bits per heavy atom. The third-order valence-corrected chi connectivity index (χ3v) is 3.30. The highest BCUT2D eigenvalue weighted by molar-refractivity contribution is 6.33. The lowest BCUT2D eigenvalue weighted by molar-refractivity contribution is 1.08. The number of nitrogen functional groups attached to an aromatic ring is 1.